The first-order chi connectivity index (χ1) is 15.1. The number of hydrogen-bond donors (Lipinski definition) is 2. The van der Waals surface area contributed by atoms with E-state index in [4.69, 9.17) is 9.15 Å². The van der Waals surface area contributed by atoms with E-state index in [1.807, 2.05) is 60.5 Å². The molecule has 170 valence electrons. The summed E-state index contributed by atoms with van der Waals surface area (Å²) in [4.78, 5) is 18.8. The van der Waals surface area contributed by atoms with Gasteiger partial charge in [0.25, 0.3) is 5.91 Å². The Bertz CT molecular complexity index is 1000. The first-order valence-electron chi connectivity index (χ1n) is 10.0. The molecule has 7 nitrogen and oxygen atoms in total. The summed E-state index contributed by atoms with van der Waals surface area (Å²) < 4.78 is 10.5. The Morgan fingerprint density at radius 2 is 1.81 bits per heavy atom. The van der Waals surface area contributed by atoms with Crippen LogP contribution >= 0.6 is 24.0 Å². The number of benzene rings is 2. The number of ether oxygens (including phenoxy) is 1. The number of methoxy groups -OCH3 is 1. The summed E-state index contributed by atoms with van der Waals surface area (Å²) in [5.74, 6) is 2.18. The Balaban J connectivity index is 0.00000363. The lowest BCUT2D eigenvalue weighted by Crippen LogP contribution is -2.38. The molecule has 1 amide bonds. The minimum absolute atomic E-state index is 0. The SMILES string of the molecule is CN=C(NCc1cccc(C(=O)NCc2ccco2)c1)N(C)Cc1ccc(OC)cc1.I. The number of amides is 1. The van der Waals surface area contributed by atoms with E-state index in [1.165, 1.54) is 0 Å². The maximum atomic E-state index is 12.4. The van der Waals surface area contributed by atoms with Crippen LogP contribution in [0.1, 0.15) is 27.2 Å². The Morgan fingerprint density at radius 1 is 1.03 bits per heavy atom. The highest BCUT2D eigenvalue weighted by Crippen LogP contribution is 2.13. The molecule has 0 fully saturated rings. The fraction of sp³-hybridized carbons (Fsp3) is 0.250. The van der Waals surface area contributed by atoms with Crippen LogP contribution in [0.2, 0.25) is 0 Å². The number of guanidine groups is 1. The topological polar surface area (TPSA) is 79.1 Å². The zero-order chi connectivity index (χ0) is 22.1. The van der Waals surface area contributed by atoms with Gasteiger partial charge in [0.1, 0.15) is 11.5 Å². The third-order valence-electron chi connectivity index (χ3n) is 4.80. The Kier molecular flexibility index (Phi) is 10.1. The zero-order valence-electron chi connectivity index (χ0n) is 18.5. The quantitative estimate of drug-likeness (QED) is 0.253. The van der Waals surface area contributed by atoms with Crippen molar-refractivity contribution in [1.29, 1.82) is 0 Å². The van der Waals surface area contributed by atoms with Crippen molar-refractivity contribution in [3.8, 4) is 5.75 Å². The second kappa shape index (κ2) is 12.7. The number of nitrogens with one attached hydrogen (secondary N) is 2. The van der Waals surface area contributed by atoms with Gasteiger partial charge in [-0.15, -0.1) is 24.0 Å². The average Bonchev–Trinajstić information content (AvgIpc) is 3.32. The molecule has 3 aromatic rings. The predicted molar refractivity (Wildman–Crippen MR) is 136 cm³/mol. The molecule has 0 atom stereocenters. The summed E-state index contributed by atoms with van der Waals surface area (Å²) in [6.07, 6.45) is 1.59. The molecule has 0 spiro atoms. The summed E-state index contributed by atoms with van der Waals surface area (Å²) in [5, 5.41) is 6.22. The lowest BCUT2D eigenvalue weighted by molar-refractivity contribution is 0.0948. The van der Waals surface area contributed by atoms with Crippen molar-refractivity contribution in [2.75, 3.05) is 21.2 Å². The lowest BCUT2D eigenvalue weighted by Gasteiger charge is -2.22. The van der Waals surface area contributed by atoms with Crippen LogP contribution in [0.5, 0.6) is 5.75 Å². The van der Waals surface area contributed by atoms with E-state index < -0.39 is 0 Å². The molecule has 0 radical (unpaired) electrons. The molecule has 0 aliphatic heterocycles. The third-order valence-corrected chi connectivity index (χ3v) is 4.80. The Morgan fingerprint density at radius 3 is 2.47 bits per heavy atom. The molecule has 0 unspecified atom stereocenters. The van der Waals surface area contributed by atoms with Crippen LogP contribution < -0.4 is 15.4 Å². The minimum atomic E-state index is -0.140. The lowest BCUT2D eigenvalue weighted by atomic mass is 10.1. The molecular formula is C24H29IN4O3. The van der Waals surface area contributed by atoms with Crippen molar-refractivity contribution >= 4 is 35.8 Å². The van der Waals surface area contributed by atoms with E-state index in [2.05, 4.69) is 15.6 Å². The van der Waals surface area contributed by atoms with Gasteiger partial charge in [-0.05, 0) is 47.5 Å². The van der Waals surface area contributed by atoms with Gasteiger partial charge in [-0.25, -0.2) is 0 Å². The van der Waals surface area contributed by atoms with Gasteiger partial charge in [-0.2, -0.15) is 0 Å². The van der Waals surface area contributed by atoms with E-state index in [0.717, 1.165) is 28.6 Å². The molecular weight excluding hydrogens is 519 g/mol. The van der Waals surface area contributed by atoms with Crippen molar-refractivity contribution in [1.82, 2.24) is 15.5 Å². The second-order valence-electron chi connectivity index (χ2n) is 7.07. The molecule has 1 aromatic heterocycles. The zero-order valence-corrected chi connectivity index (χ0v) is 20.8. The Labute approximate surface area is 205 Å². The van der Waals surface area contributed by atoms with Crippen molar-refractivity contribution < 1.29 is 13.9 Å². The van der Waals surface area contributed by atoms with Gasteiger partial charge in [0.2, 0.25) is 0 Å². The number of rotatable bonds is 8. The summed E-state index contributed by atoms with van der Waals surface area (Å²) in [6.45, 7) is 1.62. The number of carbonyl (C=O) groups excluding carboxylic acids is 1. The normalized spacial score (nSPS) is 10.8. The van der Waals surface area contributed by atoms with Gasteiger partial charge in [0.05, 0.1) is 19.9 Å². The van der Waals surface area contributed by atoms with Crippen LogP contribution in [-0.4, -0.2) is 38.0 Å². The smallest absolute Gasteiger partial charge is 0.251 e. The van der Waals surface area contributed by atoms with Crippen molar-refractivity contribution in [2.45, 2.75) is 19.6 Å². The van der Waals surface area contributed by atoms with Crippen LogP contribution in [-0.2, 0) is 19.6 Å². The average molecular weight is 548 g/mol. The van der Waals surface area contributed by atoms with E-state index in [1.54, 1.807) is 32.6 Å². The van der Waals surface area contributed by atoms with Gasteiger partial charge in [0, 0.05) is 32.7 Å². The summed E-state index contributed by atoms with van der Waals surface area (Å²) in [7, 11) is 5.40. The van der Waals surface area contributed by atoms with Gasteiger partial charge < -0.3 is 24.7 Å². The second-order valence-corrected chi connectivity index (χ2v) is 7.07. The number of aliphatic imine (C=N–C) groups is 1. The highest BCUT2D eigenvalue weighted by molar-refractivity contribution is 14.0. The summed E-state index contributed by atoms with van der Waals surface area (Å²) >= 11 is 0. The van der Waals surface area contributed by atoms with Crippen LogP contribution in [0.4, 0.5) is 0 Å². The molecule has 0 bridgehead atoms. The molecule has 3 rings (SSSR count). The minimum Gasteiger partial charge on any atom is -0.497 e. The predicted octanol–water partition coefficient (Wildman–Crippen LogP) is 4.04. The molecule has 0 aliphatic rings. The van der Waals surface area contributed by atoms with E-state index in [0.29, 0.717) is 25.2 Å². The third kappa shape index (κ3) is 7.30. The highest BCUT2D eigenvalue weighted by atomic mass is 127. The summed E-state index contributed by atoms with van der Waals surface area (Å²) in [6, 6.07) is 19.1. The fourth-order valence-electron chi connectivity index (χ4n) is 3.15. The molecule has 2 aromatic carbocycles. The van der Waals surface area contributed by atoms with Crippen LogP contribution in [0, 0.1) is 0 Å². The van der Waals surface area contributed by atoms with Gasteiger partial charge >= 0.3 is 0 Å². The molecule has 32 heavy (non-hydrogen) atoms. The standard InChI is InChI=1S/C24H28N4O3.HI/c1-25-24(28(2)17-18-9-11-21(30-3)12-10-18)27-15-19-6-4-7-20(14-19)23(29)26-16-22-8-5-13-31-22;/h4-14H,15-17H2,1-3H3,(H,25,27)(H,26,29);1H. The highest BCUT2D eigenvalue weighted by Gasteiger charge is 2.09. The molecule has 0 saturated carbocycles. The Hall–Kier alpha value is -3.01. The van der Waals surface area contributed by atoms with Gasteiger partial charge in [-0.1, -0.05) is 24.3 Å². The number of hydrogen-bond acceptors (Lipinski definition) is 4. The maximum absolute atomic E-state index is 12.4. The number of carbonyl (C=O) groups is 1. The molecule has 8 heteroatoms. The van der Waals surface area contributed by atoms with Crippen LogP contribution in [0.3, 0.4) is 0 Å². The molecule has 2 N–H and O–H groups in total. The molecule has 1 heterocycles. The van der Waals surface area contributed by atoms with Crippen LogP contribution in [0.25, 0.3) is 0 Å². The largest absolute Gasteiger partial charge is 0.497 e. The first-order valence-corrected chi connectivity index (χ1v) is 10.0. The first kappa shape index (κ1) is 25.3. The van der Waals surface area contributed by atoms with Gasteiger partial charge in [0.15, 0.2) is 5.96 Å². The molecule has 0 aliphatic carbocycles. The number of furan rings is 1. The van der Waals surface area contributed by atoms with E-state index in [9.17, 15) is 4.79 Å². The van der Waals surface area contributed by atoms with E-state index >= 15 is 0 Å². The van der Waals surface area contributed by atoms with E-state index in [-0.39, 0.29) is 29.9 Å². The van der Waals surface area contributed by atoms with Crippen molar-refractivity contribution in [3.05, 3.63) is 89.4 Å². The van der Waals surface area contributed by atoms with Crippen molar-refractivity contribution in [2.24, 2.45) is 4.99 Å². The van der Waals surface area contributed by atoms with Crippen LogP contribution in [0.15, 0.2) is 76.3 Å². The maximum Gasteiger partial charge on any atom is 0.251 e. The fourth-order valence-corrected chi connectivity index (χ4v) is 3.15. The number of nitrogens with zero attached hydrogens (tertiary/aromatic N) is 2. The van der Waals surface area contributed by atoms with Crippen molar-refractivity contribution in [3.63, 3.8) is 0 Å². The van der Waals surface area contributed by atoms with Gasteiger partial charge in [-0.3, -0.25) is 9.79 Å². The molecule has 0 saturated heterocycles. The summed E-state index contributed by atoms with van der Waals surface area (Å²) in [5.41, 5.74) is 2.75. The monoisotopic (exact) mass is 548 g/mol. The number of halogens is 1.